The molecule has 108 valence electrons. The molecule has 0 saturated carbocycles. The van der Waals surface area contributed by atoms with Crippen molar-refractivity contribution in [3.63, 3.8) is 0 Å². The van der Waals surface area contributed by atoms with Gasteiger partial charge in [0.25, 0.3) is 5.91 Å². The number of benzene rings is 1. The highest BCUT2D eigenvalue weighted by Crippen LogP contribution is 2.24. The van der Waals surface area contributed by atoms with E-state index in [1.54, 1.807) is 18.3 Å². The molecule has 0 spiro atoms. The number of carbonyl (C=O) groups excluding carboxylic acids is 2. The van der Waals surface area contributed by atoms with E-state index < -0.39 is 6.04 Å². The molecule has 1 fully saturated rings. The molecule has 5 nitrogen and oxygen atoms in total. The minimum atomic E-state index is -0.489. The zero-order valence-electron chi connectivity index (χ0n) is 11.5. The van der Waals surface area contributed by atoms with Gasteiger partial charge in [-0.1, -0.05) is 18.2 Å². The van der Waals surface area contributed by atoms with Gasteiger partial charge in [-0.3, -0.25) is 14.9 Å². The molecule has 1 aromatic heterocycles. The molecule has 6 heteroatoms. The standard InChI is InChI=1S/C15H15N3O2S/c1-10(14-16-7-8-21-14)17-12-9-13(19)18(15(12)20)11-5-3-2-4-6-11/h2-8,10,12,17H,9H2,1H3. The van der Waals surface area contributed by atoms with Crippen molar-refractivity contribution in [3.8, 4) is 0 Å². The van der Waals surface area contributed by atoms with Crippen LogP contribution in [0.2, 0.25) is 0 Å². The van der Waals surface area contributed by atoms with Crippen molar-refractivity contribution in [2.75, 3.05) is 4.90 Å². The molecule has 0 radical (unpaired) electrons. The third-order valence-corrected chi connectivity index (χ3v) is 4.39. The Morgan fingerprint density at radius 3 is 2.76 bits per heavy atom. The van der Waals surface area contributed by atoms with Crippen LogP contribution < -0.4 is 10.2 Å². The molecule has 2 aromatic rings. The monoisotopic (exact) mass is 301 g/mol. The number of carbonyl (C=O) groups is 2. The smallest absolute Gasteiger partial charge is 0.251 e. The Balaban J connectivity index is 1.75. The van der Waals surface area contributed by atoms with Gasteiger partial charge in [0.05, 0.1) is 24.2 Å². The molecule has 1 aromatic carbocycles. The fourth-order valence-electron chi connectivity index (χ4n) is 2.43. The van der Waals surface area contributed by atoms with E-state index in [4.69, 9.17) is 0 Å². The summed E-state index contributed by atoms with van der Waals surface area (Å²) in [5.41, 5.74) is 0.624. The summed E-state index contributed by atoms with van der Waals surface area (Å²) in [6.45, 7) is 1.95. The lowest BCUT2D eigenvalue weighted by molar-refractivity contribution is -0.121. The van der Waals surface area contributed by atoms with Gasteiger partial charge in [-0.05, 0) is 19.1 Å². The number of aromatic nitrogens is 1. The predicted molar refractivity (Wildman–Crippen MR) is 81.0 cm³/mol. The van der Waals surface area contributed by atoms with E-state index in [2.05, 4.69) is 10.3 Å². The summed E-state index contributed by atoms with van der Waals surface area (Å²) in [7, 11) is 0. The number of nitrogens with zero attached hydrogens (tertiary/aromatic N) is 2. The average molecular weight is 301 g/mol. The molecule has 3 rings (SSSR count). The van der Waals surface area contributed by atoms with Crippen molar-refractivity contribution >= 4 is 28.8 Å². The van der Waals surface area contributed by atoms with Crippen LogP contribution >= 0.6 is 11.3 Å². The van der Waals surface area contributed by atoms with E-state index in [-0.39, 0.29) is 24.3 Å². The van der Waals surface area contributed by atoms with Crippen molar-refractivity contribution in [1.82, 2.24) is 10.3 Å². The van der Waals surface area contributed by atoms with Crippen molar-refractivity contribution in [2.24, 2.45) is 0 Å². The first-order chi connectivity index (χ1) is 10.2. The van der Waals surface area contributed by atoms with Gasteiger partial charge in [0.15, 0.2) is 0 Å². The number of thiazole rings is 1. The second-order valence-corrected chi connectivity index (χ2v) is 5.84. The van der Waals surface area contributed by atoms with E-state index in [0.29, 0.717) is 5.69 Å². The van der Waals surface area contributed by atoms with Gasteiger partial charge in [0, 0.05) is 11.6 Å². The third-order valence-electron chi connectivity index (χ3n) is 3.43. The number of para-hydroxylation sites is 1. The third kappa shape index (κ3) is 2.72. The molecule has 2 atom stereocenters. The first kappa shape index (κ1) is 13.9. The second-order valence-electron chi connectivity index (χ2n) is 4.92. The summed E-state index contributed by atoms with van der Waals surface area (Å²) in [6.07, 6.45) is 1.92. The zero-order valence-corrected chi connectivity index (χ0v) is 12.3. The molecular formula is C15H15N3O2S. The SMILES string of the molecule is CC(NC1CC(=O)N(c2ccccc2)C1=O)c1nccs1. The highest BCUT2D eigenvalue weighted by atomic mass is 32.1. The Hall–Kier alpha value is -2.05. The maximum Gasteiger partial charge on any atom is 0.251 e. The van der Waals surface area contributed by atoms with Crippen LogP contribution in [0.25, 0.3) is 0 Å². The van der Waals surface area contributed by atoms with E-state index in [1.165, 1.54) is 16.2 Å². The van der Waals surface area contributed by atoms with E-state index in [0.717, 1.165) is 5.01 Å². The molecule has 21 heavy (non-hydrogen) atoms. The van der Waals surface area contributed by atoms with Gasteiger partial charge >= 0.3 is 0 Å². The lowest BCUT2D eigenvalue weighted by atomic mass is 10.2. The molecule has 2 heterocycles. The van der Waals surface area contributed by atoms with Gasteiger partial charge in [0.2, 0.25) is 5.91 Å². The van der Waals surface area contributed by atoms with Crippen LogP contribution in [-0.4, -0.2) is 22.8 Å². The number of nitrogens with one attached hydrogen (secondary N) is 1. The highest BCUT2D eigenvalue weighted by Gasteiger charge is 2.40. The summed E-state index contributed by atoms with van der Waals surface area (Å²) in [5.74, 6) is -0.371. The van der Waals surface area contributed by atoms with Crippen LogP contribution in [0.5, 0.6) is 0 Å². The molecule has 1 saturated heterocycles. The Morgan fingerprint density at radius 2 is 2.10 bits per heavy atom. The Morgan fingerprint density at radius 1 is 1.33 bits per heavy atom. The summed E-state index contributed by atoms with van der Waals surface area (Å²) in [6, 6.07) is 8.47. The fourth-order valence-corrected chi connectivity index (χ4v) is 3.09. The number of amides is 2. The predicted octanol–water partition coefficient (Wildman–Crippen LogP) is 2.13. The van der Waals surface area contributed by atoms with Gasteiger partial charge in [-0.15, -0.1) is 11.3 Å². The minimum Gasteiger partial charge on any atom is -0.297 e. The molecule has 1 aliphatic heterocycles. The summed E-state index contributed by atoms with van der Waals surface area (Å²) < 4.78 is 0. The van der Waals surface area contributed by atoms with Gasteiger partial charge in [0.1, 0.15) is 5.01 Å². The lowest BCUT2D eigenvalue weighted by Crippen LogP contribution is -2.39. The maximum atomic E-state index is 12.4. The van der Waals surface area contributed by atoms with Crippen LogP contribution in [-0.2, 0) is 9.59 Å². The molecular weight excluding hydrogens is 286 g/mol. The summed E-state index contributed by atoms with van der Waals surface area (Å²) >= 11 is 1.53. The van der Waals surface area contributed by atoms with Crippen molar-refractivity contribution in [2.45, 2.75) is 25.4 Å². The second kappa shape index (κ2) is 5.75. The highest BCUT2D eigenvalue weighted by molar-refractivity contribution is 7.09. The van der Waals surface area contributed by atoms with E-state index >= 15 is 0 Å². The number of hydrogen-bond acceptors (Lipinski definition) is 5. The summed E-state index contributed by atoms with van der Waals surface area (Å²) in [5, 5.41) is 6.00. The van der Waals surface area contributed by atoms with Crippen LogP contribution in [0.3, 0.4) is 0 Å². The molecule has 0 bridgehead atoms. The van der Waals surface area contributed by atoms with Crippen molar-refractivity contribution < 1.29 is 9.59 Å². The largest absolute Gasteiger partial charge is 0.297 e. The topological polar surface area (TPSA) is 62.3 Å². The Bertz CT molecular complexity index is 642. The zero-order chi connectivity index (χ0) is 14.8. The van der Waals surface area contributed by atoms with Crippen LogP contribution in [0.4, 0.5) is 5.69 Å². The molecule has 1 N–H and O–H groups in total. The first-order valence-electron chi connectivity index (χ1n) is 6.74. The van der Waals surface area contributed by atoms with E-state index in [1.807, 2.05) is 30.5 Å². The quantitative estimate of drug-likeness (QED) is 0.879. The average Bonchev–Trinajstić information content (AvgIpc) is 3.09. The van der Waals surface area contributed by atoms with Crippen LogP contribution in [0, 0.1) is 0 Å². The number of rotatable bonds is 4. The molecule has 0 aliphatic carbocycles. The van der Waals surface area contributed by atoms with Crippen molar-refractivity contribution in [3.05, 3.63) is 46.9 Å². The summed E-state index contributed by atoms with van der Waals surface area (Å²) in [4.78, 5) is 30.0. The van der Waals surface area contributed by atoms with Gasteiger partial charge in [-0.2, -0.15) is 0 Å². The normalized spacial score (nSPS) is 20.0. The molecule has 1 aliphatic rings. The number of hydrogen-bond donors (Lipinski definition) is 1. The van der Waals surface area contributed by atoms with Gasteiger partial charge in [-0.25, -0.2) is 9.88 Å². The number of imide groups is 1. The molecule has 2 unspecified atom stereocenters. The molecule has 2 amide bonds. The Kier molecular flexibility index (Phi) is 3.81. The fraction of sp³-hybridized carbons (Fsp3) is 0.267. The van der Waals surface area contributed by atoms with Crippen molar-refractivity contribution in [1.29, 1.82) is 0 Å². The van der Waals surface area contributed by atoms with Crippen LogP contribution in [0.15, 0.2) is 41.9 Å². The lowest BCUT2D eigenvalue weighted by Gasteiger charge is -2.17. The van der Waals surface area contributed by atoms with Gasteiger partial charge < -0.3 is 0 Å². The maximum absolute atomic E-state index is 12.4. The number of anilines is 1. The minimum absolute atomic E-state index is 0.0533. The van der Waals surface area contributed by atoms with Crippen LogP contribution in [0.1, 0.15) is 24.4 Å². The van der Waals surface area contributed by atoms with E-state index in [9.17, 15) is 9.59 Å². The first-order valence-corrected chi connectivity index (χ1v) is 7.62. The Labute approximate surface area is 126 Å².